The molecule has 15 heavy (non-hydrogen) atoms. The van der Waals surface area contributed by atoms with E-state index in [4.69, 9.17) is 21.3 Å². The molecule has 0 aliphatic heterocycles. The summed E-state index contributed by atoms with van der Waals surface area (Å²) in [5.74, 6) is -0.403. The SMILES string of the molecule is CCC(C)(C#N)NC(=O)c1ccoc1Cl. The predicted molar refractivity (Wildman–Crippen MR) is 55.5 cm³/mol. The number of furan rings is 1. The molecular formula is C10H11ClN2O2. The van der Waals surface area contributed by atoms with Crippen LogP contribution in [-0.2, 0) is 0 Å². The van der Waals surface area contributed by atoms with E-state index < -0.39 is 11.4 Å². The molecule has 0 saturated carbocycles. The normalized spacial score (nSPS) is 14.0. The molecule has 0 saturated heterocycles. The van der Waals surface area contributed by atoms with Crippen molar-refractivity contribution < 1.29 is 9.21 Å². The van der Waals surface area contributed by atoms with Crippen LogP contribution >= 0.6 is 11.6 Å². The highest BCUT2D eigenvalue weighted by molar-refractivity contribution is 6.32. The van der Waals surface area contributed by atoms with Crippen LogP contribution in [0.3, 0.4) is 0 Å². The summed E-state index contributed by atoms with van der Waals surface area (Å²) in [4.78, 5) is 11.7. The summed E-state index contributed by atoms with van der Waals surface area (Å²) < 4.78 is 4.79. The van der Waals surface area contributed by atoms with Gasteiger partial charge >= 0.3 is 0 Å². The molecule has 0 spiro atoms. The minimum Gasteiger partial charge on any atom is -0.452 e. The zero-order chi connectivity index (χ0) is 11.5. The highest BCUT2D eigenvalue weighted by Gasteiger charge is 2.25. The molecule has 1 unspecified atom stereocenters. The van der Waals surface area contributed by atoms with Crippen LogP contribution in [0.5, 0.6) is 0 Å². The average molecular weight is 227 g/mol. The number of nitrogens with one attached hydrogen (secondary N) is 1. The molecule has 4 nitrogen and oxygen atoms in total. The van der Waals surface area contributed by atoms with Gasteiger partial charge in [-0.3, -0.25) is 4.79 Å². The Morgan fingerprint density at radius 1 is 1.80 bits per heavy atom. The van der Waals surface area contributed by atoms with Gasteiger partial charge in [-0.2, -0.15) is 5.26 Å². The van der Waals surface area contributed by atoms with Gasteiger partial charge in [-0.05, 0) is 31.0 Å². The van der Waals surface area contributed by atoms with E-state index >= 15 is 0 Å². The quantitative estimate of drug-likeness (QED) is 0.860. The van der Waals surface area contributed by atoms with Gasteiger partial charge in [0.05, 0.1) is 17.9 Å². The molecule has 80 valence electrons. The van der Waals surface area contributed by atoms with E-state index in [1.165, 1.54) is 12.3 Å². The number of carbonyl (C=O) groups excluding carboxylic acids is 1. The van der Waals surface area contributed by atoms with Crippen LogP contribution in [0, 0.1) is 11.3 Å². The Kier molecular flexibility index (Phi) is 3.38. The summed E-state index contributed by atoms with van der Waals surface area (Å²) in [6.07, 6.45) is 1.84. The molecule has 0 fully saturated rings. The highest BCUT2D eigenvalue weighted by atomic mass is 35.5. The van der Waals surface area contributed by atoms with Crippen LogP contribution in [0.25, 0.3) is 0 Å². The third-order valence-electron chi connectivity index (χ3n) is 2.21. The molecule has 0 aliphatic rings. The Morgan fingerprint density at radius 2 is 2.47 bits per heavy atom. The van der Waals surface area contributed by atoms with Crippen LogP contribution in [0.1, 0.15) is 30.6 Å². The van der Waals surface area contributed by atoms with Crippen molar-refractivity contribution in [2.24, 2.45) is 0 Å². The molecule has 1 atom stereocenters. The van der Waals surface area contributed by atoms with Crippen LogP contribution in [-0.4, -0.2) is 11.4 Å². The zero-order valence-corrected chi connectivity index (χ0v) is 9.26. The molecular weight excluding hydrogens is 216 g/mol. The Hall–Kier alpha value is -1.47. The Balaban J connectivity index is 2.82. The number of rotatable bonds is 3. The van der Waals surface area contributed by atoms with Crippen molar-refractivity contribution in [3.8, 4) is 6.07 Å². The molecule has 1 rings (SSSR count). The van der Waals surface area contributed by atoms with Crippen molar-refractivity contribution >= 4 is 17.5 Å². The molecule has 5 heteroatoms. The maximum Gasteiger partial charge on any atom is 0.257 e. The van der Waals surface area contributed by atoms with Crippen molar-refractivity contribution in [2.45, 2.75) is 25.8 Å². The number of nitrogens with zero attached hydrogens (tertiary/aromatic N) is 1. The van der Waals surface area contributed by atoms with E-state index in [1.807, 2.05) is 13.0 Å². The molecule has 0 aliphatic carbocycles. The maximum atomic E-state index is 11.7. The minimum absolute atomic E-state index is 0.0314. The Labute approximate surface area is 92.8 Å². The van der Waals surface area contributed by atoms with E-state index in [-0.39, 0.29) is 10.8 Å². The monoisotopic (exact) mass is 226 g/mol. The van der Waals surface area contributed by atoms with Gasteiger partial charge in [0, 0.05) is 0 Å². The van der Waals surface area contributed by atoms with Crippen molar-refractivity contribution in [3.05, 3.63) is 23.1 Å². The molecule has 0 aromatic carbocycles. The van der Waals surface area contributed by atoms with Crippen LogP contribution in [0.2, 0.25) is 5.22 Å². The summed E-state index contributed by atoms with van der Waals surface area (Å²) in [6.45, 7) is 3.47. The lowest BCUT2D eigenvalue weighted by molar-refractivity contribution is 0.0922. The van der Waals surface area contributed by atoms with Crippen molar-refractivity contribution in [1.29, 1.82) is 5.26 Å². The Bertz CT molecular complexity index is 408. The smallest absolute Gasteiger partial charge is 0.257 e. The summed E-state index contributed by atoms with van der Waals surface area (Å²) in [6, 6.07) is 3.50. The molecule has 1 amide bonds. The van der Waals surface area contributed by atoms with Crippen LogP contribution in [0.15, 0.2) is 16.7 Å². The number of hydrogen-bond acceptors (Lipinski definition) is 3. The van der Waals surface area contributed by atoms with E-state index in [0.717, 1.165) is 0 Å². The summed E-state index contributed by atoms with van der Waals surface area (Å²) in [7, 11) is 0. The lowest BCUT2D eigenvalue weighted by atomic mass is 10.0. The van der Waals surface area contributed by atoms with Crippen molar-refractivity contribution in [2.75, 3.05) is 0 Å². The first-order chi connectivity index (χ1) is 7.02. The number of nitriles is 1. The van der Waals surface area contributed by atoms with E-state index in [0.29, 0.717) is 6.42 Å². The lowest BCUT2D eigenvalue weighted by Gasteiger charge is -2.20. The summed E-state index contributed by atoms with van der Waals surface area (Å²) >= 11 is 5.64. The highest BCUT2D eigenvalue weighted by Crippen LogP contribution is 2.18. The van der Waals surface area contributed by atoms with E-state index in [1.54, 1.807) is 6.92 Å². The van der Waals surface area contributed by atoms with Gasteiger partial charge < -0.3 is 9.73 Å². The predicted octanol–water partition coefficient (Wildman–Crippen LogP) is 2.36. The first-order valence-electron chi connectivity index (χ1n) is 4.49. The second kappa shape index (κ2) is 4.37. The summed E-state index contributed by atoms with van der Waals surface area (Å²) in [5.41, 5.74) is -0.635. The standard InChI is InChI=1S/C10H11ClN2O2/c1-3-10(2,6-12)13-9(14)7-4-5-15-8(7)11/h4-5H,3H2,1-2H3,(H,13,14). The Morgan fingerprint density at radius 3 is 2.87 bits per heavy atom. The fraction of sp³-hybridized carbons (Fsp3) is 0.400. The maximum absolute atomic E-state index is 11.7. The molecule has 1 aromatic rings. The van der Waals surface area contributed by atoms with Crippen molar-refractivity contribution in [3.63, 3.8) is 0 Å². The fourth-order valence-corrected chi connectivity index (χ4v) is 1.17. The fourth-order valence-electron chi connectivity index (χ4n) is 0.969. The lowest BCUT2D eigenvalue weighted by Crippen LogP contribution is -2.44. The van der Waals surface area contributed by atoms with Gasteiger partial charge in [-0.25, -0.2) is 0 Å². The topological polar surface area (TPSA) is 66.0 Å². The molecule has 0 radical (unpaired) electrons. The van der Waals surface area contributed by atoms with Gasteiger partial charge in [0.15, 0.2) is 0 Å². The molecule has 1 N–H and O–H groups in total. The molecule has 1 heterocycles. The third kappa shape index (κ3) is 2.51. The first-order valence-corrected chi connectivity index (χ1v) is 4.87. The second-order valence-electron chi connectivity index (χ2n) is 3.36. The number of halogens is 1. The first kappa shape index (κ1) is 11.6. The van der Waals surface area contributed by atoms with E-state index in [9.17, 15) is 4.79 Å². The van der Waals surface area contributed by atoms with Crippen LogP contribution in [0.4, 0.5) is 0 Å². The van der Waals surface area contributed by atoms with E-state index in [2.05, 4.69) is 5.32 Å². The molecule has 1 aromatic heterocycles. The van der Waals surface area contributed by atoms with Gasteiger partial charge in [0.1, 0.15) is 5.54 Å². The second-order valence-corrected chi connectivity index (χ2v) is 3.70. The minimum atomic E-state index is -0.877. The number of hydrogen-bond donors (Lipinski definition) is 1. The zero-order valence-electron chi connectivity index (χ0n) is 8.50. The average Bonchev–Trinajstić information content (AvgIpc) is 2.64. The van der Waals surface area contributed by atoms with Gasteiger partial charge in [0.25, 0.3) is 5.91 Å². The summed E-state index contributed by atoms with van der Waals surface area (Å²) in [5, 5.41) is 11.5. The largest absolute Gasteiger partial charge is 0.452 e. The van der Waals surface area contributed by atoms with Gasteiger partial charge in [-0.15, -0.1) is 0 Å². The van der Waals surface area contributed by atoms with Crippen LogP contribution < -0.4 is 5.32 Å². The van der Waals surface area contributed by atoms with Gasteiger partial charge in [0.2, 0.25) is 5.22 Å². The number of carbonyl (C=O) groups is 1. The van der Waals surface area contributed by atoms with Crippen molar-refractivity contribution in [1.82, 2.24) is 5.32 Å². The van der Waals surface area contributed by atoms with Gasteiger partial charge in [-0.1, -0.05) is 6.92 Å². The number of amides is 1. The third-order valence-corrected chi connectivity index (χ3v) is 2.50. The molecule has 0 bridgehead atoms.